The van der Waals surface area contributed by atoms with Gasteiger partial charge in [0.1, 0.15) is 17.6 Å². The Balaban J connectivity index is 1.79. The molecule has 2 fully saturated rings. The predicted octanol–water partition coefficient (Wildman–Crippen LogP) is 3.26. The summed E-state index contributed by atoms with van der Waals surface area (Å²) in [4.78, 5) is 34.2. The maximum atomic E-state index is 13.7. The molecule has 1 aromatic heterocycles. The summed E-state index contributed by atoms with van der Waals surface area (Å²) in [5.41, 5.74) is 6.60. The molecule has 9 heteroatoms. The Labute approximate surface area is 174 Å². The first kappa shape index (κ1) is 19.3. The van der Waals surface area contributed by atoms with Crippen LogP contribution in [0.25, 0.3) is 10.4 Å². The highest BCUT2D eigenvalue weighted by Crippen LogP contribution is 2.44. The van der Waals surface area contributed by atoms with Gasteiger partial charge in [-0.2, -0.15) is 0 Å². The number of amides is 2. The van der Waals surface area contributed by atoms with Crippen LogP contribution in [0, 0.1) is 11.7 Å². The Morgan fingerprint density at radius 2 is 2.11 bits per heavy atom. The Bertz CT molecular complexity index is 963. The maximum absolute atomic E-state index is 13.7. The number of thiazole rings is 1. The number of carbonyl (C=O) groups is 2. The Morgan fingerprint density at radius 1 is 1.36 bits per heavy atom. The molecule has 3 atom stereocenters. The van der Waals surface area contributed by atoms with E-state index < -0.39 is 11.9 Å². The molecule has 148 valence electrons. The summed E-state index contributed by atoms with van der Waals surface area (Å²) in [5, 5.41) is 0.666. The van der Waals surface area contributed by atoms with Crippen molar-refractivity contribution in [2.24, 2.45) is 11.7 Å². The number of primary amides is 1. The molecule has 1 aliphatic heterocycles. The highest BCUT2D eigenvalue weighted by atomic mass is 79.9. The van der Waals surface area contributed by atoms with Gasteiger partial charge in [-0.15, -0.1) is 0 Å². The standard InChI is InChI=1S/C19H20BrFN4O2S/c1-24(2)19-23-14(16(28-19)10-4-6-13(21)12(20)8-10)18(27)25-11-5-3-9(7-11)15(25)17(22)26/h4,6,8-9,11,15H,3,5,7H2,1-2H3,(H2,22,26)/t9-,11+,15-/m1/s1. The average Bonchev–Trinajstić information content (AvgIpc) is 3.36. The summed E-state index contributed by atoms with van der Waals surface area (Å²) in [7, 11) is 3.70. The highest BCUT2D eigenvalue weighted by molar-refractivity contribution is 9.10. The molecule has 2 aromatic rings. The third-order valence-corrected chi connectivity index (χ3v) is 7.37. The summed E-state index contributed by atoms with van der Waals surface area (Å²) in [6.07, 6.45) is 2.60. The third kappa shape index (κ3) is 3.10. The van der Waals surface area contributed by atoms with Crippen molar-refractivity contribution in [2.45, 2.75) is 31.3 Å². The van der Waals surface area contributed by atoms with Crippen LogP contribution in [-0.2, 0) is 4.79 Å². The van der Waals surface area contributed by atoms with Crippen LogP contribution in [0.2, 0.25) is 0 Å². The van der Waals surface area contributed by atoms with Gasteiger partial charge in [-0.05, 0) is 58.8 Å². The van der Waals surface area contributed by atoms with Crippen molar-refractivity contribution in [3.8, 4) is 10.4 Å². The number of nitrogens with zero attached hydrogens (tertiary/aromatic N) is 3. The Hall–Kier alpha value is -2.00. The van der Waals surface area contributed by atoms with Gasteiger partial charge in [-0.3, -0.25) is 9.59 Å². The van der Waals surface area contributed by atoms with Crippen LogP contribution in [0.5, 0.6) is 0 Å². The molecule has 1 aromatic carbocycles. The molecule has 0 radical (unpaired) electrons. The predicted molar refractivity (Wildman–Crippen MR) is 110 cm³/mol. The lowest BCUT2D eigenvalue weighted by atomic mass is 9.97. The number of likely N-dealkylation sites (tertiary alicyclic amines) is 1. The minimum Gasteiger partial charge on any atom is -0.368 e. The molecule has 1 aliphatic carbocycles. The zero-order chi connectivity index (χ0) is 20.2. The number of carbonyl (C=O) groups excluding carboxylic acids is 2. The van der Waals surface area contributed by atoms with Gasteiger partial charge in [-0.1, -0.05) is 17.4 Å². The van der Waals surface area contributed by atoms with Crippen molar-refractivity contribution in [3.05, 3.63) is 34.2 Å². The monoisotopic (exact) mass is 466 g/mol. The van der Waals surface area contributed by atoms with Gasteiger partial charge in [0.15, 0.2) is 5.13 Å². The molecule has 2 bridgehead atoms. The first-order chi connectivity index (χ1) is 13.3. The van der Waals surface area contributed by atoms with Gasteiger partial charge >= 0.3 is 0 Å². The van der Waals surface area contributed by atoms with E-state index in [0.29, 0.717) is 20.0 Å². The summed E-state index contributed by atoms with van der Waals surface area (Å²) in [5.74, 6) is -0.994. The zero-order valence-electron chi connectivity index (χ0n) is 15.5. The van der Waals surface area contributed by atoms with E-state index in [9.17, 15) is 14.0 Å². The first-order valence-electron chi connectivity index (χ1n) is 9.03. The van der Waals surface area contributed by atoms with Crippen molar-refractivity contribution in [3.63, 3.8) is 0 Å². The summed E-state index contributed by atoms with van der Waals surface area (Å²) < 4.78 is 14.0. The van der Waals surface area contributed by atoms with Crippen molar-refractivity contribution >= 4 is 44.2 Å². The number of aromatic nitrogens is 1. The number of hydrogen-bond acceptors (Lipinski definition) is 5. The van der Waals surface area contributed by atoms with E-state index >= 15 is 0 Å². The fourth-order valence-electron chi connectivity index (χ4n) is 4.25. The lowest BCUT2D eigenvalue weighted by Crippen LogP contribution is -2.51. The van der Waals surface area contributed by atoms with Gasteiger partial charge in [0.25, 0.3) is 5.91 Å². The molecule has 2 amide bonds. The fourth-order valence-corrected chi connectivity index (χ4v) is 5.60. The lowest BCUT2D eigenvalue weighted by molar-refractivity contribution is -0.123. The van der Waals surface area contributed by atoms with Crippen LogP contribution in [0.3, 0.4) is 0 Å². The number of halogens is 2. The van der Waals surface area contributed by atoms with E-state index in [4.69, 9.17) is 5.73 Å². The normalized spacial score (nSPS) is 23.3. The second kappa shape index (κ2) is 7.11. The van der Waals surface area contributed by atoms with Crippen molar-refractivity contribution in [2.75, 3.05) is 19.0 Å². The number of hydrogen-bond donors (Lipinski definition) is 1. The fraction of sp³-hybridized carbons (Fsp3) is 0.421. The molecule has 1 saturated heterocycles. The molecule has 28 heavy (non-hydrogen) atoms. The second-order valence-corrected chi connectivity index (χ2v) is 9.32. The highest BCUT2D eigenvalue weighted by Gasteiger charge is 2.51. The molecule has 2 aliphatic rings. The topological polar surface area (TPSA) is 79.5 Å². The van der Waals surface area contributed by atoms with E-state index in [1.54, 1.807) is 17.0 Å². The minimum absolute atomic E-state index is 0.0207. The number of benzene rings is 1. The first-order valence-corrected chi connectivity index (χ1v) is 10.6. The summed E-state index contributed by atoms with van der Waals surface area (Å²) in [6, 6.07) is 4.06. The maximum Gasteiger partial charge on any atom is 0.275 e. The Kier molecular flexibility index (Phi) is 4.91. The summed E-state index contributed by atoms with van der Waals surface area (Å²) >= 11 is 4.56. The number of rotatable bonds is 4. The molecule has 0 unspecified atom stereocenters. The van der Waals surface area contributed by atoms with E-state index in [1.807, 2.05) is 19.0 Å². The number of fused-ring (bicyclic) bond motifs is 2. The molecule has 2 heterocycles. The lowest BCUT2D eigenvalue weighted by Gasteiger charge is -2.33. The van der Waals surface area contributed by atoms with E-state index in [0.717, 1.165) is 19.3 Å². The van der Waals surface area contributed by atoms with Crippen molar-refractivity contribution in [1.29, 1.82) is 0 Å². The van der Waals surface area contributed by atoms with Crippen LogP contribution in [0.1, 0.15) is 29.8 Å². The Morgan fingerprint density at radius 3 is 2.75 bits per heavy atom. The second-order valence-electron chi connectivity index (χ2n) is 7.48. The quantitative estimate of drug-likeness (QED) is 0.749. The van der Waals surface area contributed by atoms with Crippen molar-refractivity contribution in [1.82, 2.24) is 9.88 Å². The largest absolute Gasteiger partial charge is 0.368 e. The molecular weight excluding hydrogens is 447 g/mol. The number of nitrogens with two attached hydrogens (primary N) is 1. The average molecular weight is 467 g/mol. The van der Waals surface area contributed by atoms with E-state index in [1.165, 1.54) is 17.4 Å². The zero-order valence-corrected chi connectivity index (χ0v) is 17.9. The molecule has 0 spiro atoms. The van der Waals surface area contributed by atoms with Gasteiger partial charge in [0.2, 0.25) is 5.91 Å². The smallest absolute Gasteiger partial charge is 0.275 e. The molecule has 4 rings (SSSR count). The summed E-state index contributed by atoms with van der Waals surface area (Å²) in [6.45, 7) is 0. The van der Waals surface area contributed by atoms with Crippen LogP contribution in [0.15, 0.2) is 22.7 Å². The van der Waals surface area contributed by atoms with Gasteiger partial charge in [0.05, 0.1) is 9.35 Å². The molecule has 1 saturated carbocycles. The van der Waals surface area contributed by atoms with Gasteiger partial charge < -0.3 is 15.5 Å². The van der Waals surface area contributed by atoms with Gasteiger partial charge in [0, 0.05) is 20.1 Å². The number of anilines is 1. The van der Waals surface area contributed by atoms with Crippen LogP contribution in [-0.4, -0.2) is 47.9 Å². The van der Waals surface area contributed by atoms with Crippen molar-refractivity contribution < 1.29 is 14.0 Å². The molecule has 6 nitrogen and oxygen atoms in total. The van der Waals surface area contributed by atoms with E-state index in [2.05, 4.69) is 20.9 Å². The third-order valence-electron chi connectivity index (χ3n) is 5.49. The minimum atomic E-state index is -0.580. The van der Waals surface area contributed by atoms with Crippen LogP contribution >= 0.6 is 27.3 Å². The van der Waals surface area contributed by atoms with Gasteiger partial charge in [-0.25, -0.2) is 9.37 Å². The molecule has 2 N–H and O–H groups in total. The number of piperidine rings is 1. The molecular formula is C19H20BrFN4O2S. The van der Waals surface area contributed by atoms with Crippen LogP contribution < -0.4 is 10.6 Å². The SMILES string of the molecule is CN(C)c1nc(C(=O)N2[C@H]3CC[C@H](C3)[C@@H]2C(N)=O)c(-c2ccc(F)c(Br)c2)s1. The van der Waals surface area contributed by atoms with E-state index in [-0.39, 0.29) is 29.4 Å². The van der Waals surface area contributed by atoms with Crippen LogP contribution in [0.4, 0.5) is 9.52 Å².